The van der Waals surface area contributed by atoms with Crippen molar-refractivity contribution in [2.75, 3.05) is 5.73 Å². The Hall–Kier alpha value is -2.29. The molecule has 1 aromatic carbocycles. The fourth-order valence-electron chi connectivity index (χ4n) is 2.94. The van der Waals surface area contributed by atoms with Gasteiger partial charge in [0.2, 0.25) is 0 Å². The summed E-state index contributed by atoms with van der Waals surface area (Å²) >= 11 is 0. The van der Waals surface area contributed by atoms with Crippen LogP contribution in [0.25, 0.3) is 16.9 Å². The first-order valence-electron chi connectivity index (χ1n) is 7.08. The summed E-state index contributed by atoms with van der Waals surface area (Å²) in [5, 5.41) is 0. The van der Waals surface area contributed by atoms with Gasteiger partial charge in [0.1, 0.15) is 17.2 Å². The Labute approximate surface area is 118 Å². The van der Waals surface area contributed by atoms with Gasteiger partial charge in [-0.1, -0.05) is 30.3 Å². The summed E-state index contributed by atoms with van der Waals surface area (Å²) in [6.07, 6.45) is 2.56. The largest absolute Gasteiger partial charge is 0.383 e. The predicted molar refractivity (Wildman–Crippen MR) is 81.8 cm³/mol. The molecule has 2 N–H and O–H groups in total. The van der Waals surface area contributed by atoms with Gasteiger partial charge in [-0.3, -0.25) is 4.40 Å². The molecule has 3 heteroatoms. The normalized spacial score (nSPS) is 14.8. The number of hydrogen-bond donors (Lipinski definition) is 1. The van der Waals surface area contributed by atoms with E-state index in [0.29, 0.717) is 5.92 Å². The lowest BCUT2D eigenvalue weighted by Gasteiger charge is -2.07. The van der Waals surface area contributed by atoms with Crippen molar-refractivity contribution in [3.05, 3.63) is 53.7 Å². The lowest BCUT2D eigenvalue weighted by Crippen LogP contribution is -1.98. The summed E-state index contributed by atoms with van der Waals surface area (Å²) in [7, 11) is 0. The molecule has 3 aromatic rings. The second-order valence-electron chi connectivity index (χ2n) is 5.57. The highest BCUT2D eigenvalue weighted by molar-refractivity contribution is 5.78. The van der Waals surface area contributed by atoms with E-state index in [2.05, 4.69) is 37.3 Å². The zero-order chi connectivity index (χ0) is 13.7. The van der Waals surface area contributed by atoms with Gasteiger partial charge in [-0.2, -0.15) is 0 Å². The highest BCUT2D eigenvalue weighted by Gasteiger charge is 2.27. The van der Waals surface area contributed by atoms with Crippen LogP contribution in [0.3, 0.4) is 0 Å². The van der Waals surface area contributed by atoms with Crippen molar-refractivity contribution < 1.29 is 0 Å². The van der Waals surface area contributed by atoms with Crippen LogP contribution in [0.15, 0.2) is 42.5 Å². The number of aryl methyl sites for hydroxylation is 1. The summed E-state index contributed by atoms with van der Waals surface area (Å²) < 4.78 is 2.03. The summed E-state index contributed by atoms with van der Waals surface area (Å²) in [5.41, 5.74) is 11.9. The number of nitrogen functional groups attached to an aromatic ring is 1. The molecule has 1 aliphatic carbocycles. The molecule has 0 unspecified atom stereocenters. The third kappa shape index (κ3) is 1.63. The molecule has 1 fully saturated rings. The van der Waals surface area contributed by atoms with Gasteiger partial charge in [-0.05, 0) is 43.4 Å². The van der Waals surface area contributed by atoms with Gasteiger partial charge < -0.3 is 5.73 Å². The van der Waals surface area contributed by atoms with Crippen molar-refractivity contribution in [1.29, 1.82) is 0 Å². The van der Waals surface area contributed by atoms with E-state index in [1.807, 2.05) is 16.5 Å². The average molecular weight is 263 g/mol. The number of pyridine rings is 1. The van der Waals surface area contributed by atoms with E-state index in [1.54, 1.807) is 0 Å². The Balaban J connectivity index is 1.99. The zero-order valence-electron chi connectivity index (χ0n) is 11.5. The topological polar surface area (TPSA) is 43.3 Å². The Kier molecular flexibility index (Phi) is 2.36. The number of hydrogen-bond acceptors (Lipinski definition) is 2. The number of rotatable bonds is 2. The summed E-state index contributed by atoms with van der Waals surface area (Å²) in [6.45, 7) is 2.06. The van der Waals surface area contributed by atoms with Crippen LogP contribution in [0.2, 0.25) is 0 Å². The number of anilines is 1. The Morgan fingerprint density at radius 1 is 1.10 bits per heavy atom. The van der Waals surface area contributed by atoms with Crippen LogP contribution in [-0.2, 0) is 0 Å². The van der Waals surface area contributed by atoms with Crippen LogP contribution in [0.5, 0.6) is 0 Å². The molecule has 100 valence electrons. The van der Waals surface area contributed by atoms with E-state index in [-0.39, 0.29) is 0 Å². The predicted octanol–water partition coefficient (Wildman–Crippen LogP) is 3.77. The Bertz CT molecular complexity index is 797. The molecule has 1 aliphatic rings. The smallest absolute Gasteiger partial charge is 0.139 e. The molecule has 2 heterocycles. The molecule has 0 atom stereocenters. The molecular weight excluding hydrogens is 246 g/mol. The second-order valence-corrected chi connectivity index (χ2v) is 5.57. The number of aromatic nitrogens is 2. The minimum atomic E-state index is 0.691. The van der Waals surface area contributed by atoms with Crippen molar-refractivity contribution in [2.45, 2.75) is 25.7 Å². The molecule has 0 aliphatic heterocycles. The van der Waals surface area contributed by atoms with Gasteiger partial charge in [0, 0.05) is 11.3 Å². The molecule has 3 nitrogen and oxygen atoms in total. The van der Waals surface area contributed by atoms with Gasteiger partial charge >= 0.3 is 0 Å². The molecule has 0 saturated heterocycles. The fourth-order valence-corrected chi connectivity index (χ4v) is 2.94. The van der Waals surface area contributed by atoms with Crippen molar-refractivity contribution in [1.82, 2.24) is 9.38 Å². The number of nitrogens with zero attached hydrogens (tertiary/aromatic N) is 2. The minimum Gasteiger partial charge on any atom is -0.383 e. The van der Waals surface area contributed by atoms with Gasteiger partial charge in [0.25, 0.3) is 0 Å². The van der Waals surface area contributed by atoms with E-state index in [4.69, 9.17) is 10.7 Å². The fraction of sp³-hybridized carbons (Fsp3) is 0.235. The molecule has 4 rings (SSSR count). The van der Waals surface area contributed by atoms with Crippen LogP contribution < -0.4 is 5.73 Å². The SMILES string of the molecule is Cc1cccc2nc(-c3ccccc3C3CC3)c(N)n12. The zero-order valence-corrected chi connectivity index (χ0v) is 11.5. The molecule has 0 spiro atoms. The lowest BCUT2D eigenvalue weighted by molar-refractivity contribution is 1.10. The Morgan fingerprint density at radius 3 is 2.65 bits per heavy atom. The van der Waals surface area contributed by atoms with Gasteiger partial charge in [0.05, 0.1) is 0 Å². The minimum absolute atomic E-state index is 0.691. The summed E-state index contributed by atoms with van der Waals surface area (Å²) in [6, 6.07) is 14.6. The average Bonchev–Trinajstić information content (AvgIpc) is 3.24. The molecule has 20 heavy (non-hydrogen) atoms. The standard InChI is InChI=1S/C17H17N3/c1-11-5-4-8-15-19-16(17(18)20(11)15)14-7-3-2-6-13(14)12-9-10-12/h2-8,12H,9-10,18H2,1H3. The van der Waals surface area contributed by atoms with Crippen LogP contribution in [0.4, 0.5) is 5.82 Å². The monoisotopic (exact) mass is 263 g/mol. The molecule has 2 aromatic heterocycles. The van der Waals surface area contributed by atoms with E-state index in [1.165, 1.54) is 24.0 Å². The summed E-state index contributed by atoms with van der Waals surface area (Å²) in [5.74, 6) is 1.43. The number of fused-ring (bicyclic) bond motifs is 1. The van der Waals surface area contributed by atoms with Crippen LogP contribution in [0.1, 0.15) is 30.0 Å². The van der Waals surface area contributed by atoms with E-state index < -0.39 is 0 Å². The van der Waals surface area contributed by atoms with Crippen molar-refractivity contribution in [3.8, 4) is 11.3 Å². The first-order chi connectivity index (χ1) is 9.75. The van der Waals surface area contributed by atoms with Gasteiger partial charge in [0.15, 0.2) is 0 Å². The molecular formula is C17H17N3. The van der Waals surface area contributed by atoms with Crippen LogP contribution in [0, 0.1) is 6.92 Å². The lowest BCUT2D eigenvalue weighted by atomic mass is 10.0. The molecule has 0 radical (unpaired) electrons. The van der Waals surface area contributed by atoms with Crippen molar-refractivity contribution in [2.24, 2.45) is 0 Å². The number of benzene rings is 1. The molecule has 0 bridgehead atoms. The van der Waals surface area contributed by atoms with E-state index in [9.17, 15) is 0 Å². The summed E-state index contributed by atoms with van der Waals surface area (Å²) in [4.78, 5) is 4.75. The Morgan fingerprint density at radius 2 is 1.90 bits per heavy atom. The number of nitrogens with two attached hydrogens (primary N) is 1. The van der Waals surface area contributed by atoms with E-state index >= 15 is 0 Å². The number of imidazole rings is 1. The first-order valence-corrected chi connectivity index (χ1v) is 7.08. The van der Waals surface area contributed by atoms with Gasteiger partial charge in [-0.15, -0.1) is 0 Å². The highest BCUT2D eigenvalue weighted by atomic mass is 15.1. The van der Waals surface area contributed by atoms with Crippen LogP contribution >= 0.6 is 0 Å². The second kappa shape index (κ2) is 4.10. The van der Waals surface area contributed by atoms with E-state index in [0.717, 1.165) is 22.9 Å². The third-order valence-electron chi connectivity index (χ3n) is 4.11. The maximum Gasteiger partial charge on any atom is 0.139 e. The van der Waals surface area contributed by atoms with Crippen molar-refractivity contribution in [3.63, 3.8) is 0 Å². The maximum atomic E-state index is 6.36. The first kappa shape index (κ1) is 11.5. The maximum absolute atomic E-state index is 6.36. The quantitative estimate of drug-likeness (QED) is 0.764. The molecule has 0 amide bonds. The van der Waals surface area contributed by atoms with Crippen LogP contribution in [-0.4, -0.2) is 9.38 Å². The van der Waals surface area contributed by atoms with Gasteiger partial charge in [-0.25, -0.2) is 4.98 Å². The third-order valence-corrected chi connectivity index (χ3v) is 4.11. The highest BCUT2D eigenvalue weighted by Crippen LogP contribution is 2.45. The molecule has 1 saturated carbocycles. The van der Waals surface area contributed by atoms with Crippen molar-refractivity contribution >= 4 is 11.5 Å².